The van der Waals surface area contributed by atoms with E-state index in [1.54, 1.807) is 25.1 Å². The number of hydrogen-bond donors (Lipinski definition) is 1. The van der Waals surface area contributed by atoms with Crippen molar-refractivity contribution in [3.63, 3.8) is 0 Å². The van der Waals surface area contributed by atoms with Crippen molar-refractivity contribution in [2.75, 3.05) is 0 Å². The summed E-state index contributed by atoms with van der Waals surface area (Å²) in [6, 6.07) is 15.7. The normalized spacial score (nSPS) is 11.1. The van der Waals surface area contributed by atoms with E-state index in [0.29, 0.717) is 22.6 Å². The zero-order chi connectivity index (χ0) is 22.0. The number of halogens is 1. The van der Waals surface area contributed by atoms with Gasteiger partial charge in [-0.05, 0) is 42.7 Å². The van der Waals surface area contributed by atoms with Crippen LogP contribution in [-0.4, -0.2) is 25.3 Å². The number of fused-ring (bicyclic) bond motifs is 1. The third kappa shape index (κ3) is 4.37. The van der Waals surface area contributed by atoms with Crippen molar-refractivity contribution in [3.05, 3.63) is 87.7 Å². The van der Waals surface area contributed by atoms with Gasteiger partial charge in [0.15, 0.2) is 0 Å². The van der Waals surface area contributed by atoms with Gasteiger partial charge >= 0.3 is 0 Å². The molecule has 158 valence electrons. The van der Waals surface area contributed by atoms with E-state index in [9.17, 15) is 14.0 Å². The lowest BCUT2D eigenvalue weighted by molar-refractivity contribution is -0.122. The first kappa shape index (κ1) is 20.5. The number of carbonyl (C=O) groups is 1. The summed E-state index contributed by atoms with van der Waals surface area (Å²) in [7, 11) is 0. The molecule has 7 nitrogen and oxygen atoms in total. The minimum absolute atomic E-state index is 0.164. The average Bonchev–Trinajstić information content (AvgIpc) is 3.22. The fourth-order valence-corrected chi connectivity index (χ4v) is 3.37. The molecule has 31 heavy (non-hydrogen) atoms. The van der Waals surface area contributed by atoms with Crippen molar-refractivity contribution in [3.8, 4) is 11.3 Å². The van der Waals surface area contributed by atoms with Gasteiger partial charge in [0.1, 0.15) is 23.7 Å². The number of aryl methyl sites for hydroxylation is 2. The third-order valence-electron chi connectivity index (χ3n) is 5.06. The fraction of sp³-hybridized carbons (Fsp3) is 0.217. The van der Waals surface area contributed by atoms with Gasteiger partial charge in [-0.2, -0.15) is 10.2 Å². The number of hydrogen-bond acceptors (Lipinski definition) is 4. The number of amides is 1. The summed E-state index contributed by atoms with van der Waals surface area (Å²) in [5, 5.41) is 11.4. The van der Waals surface area contributed by atoms with E-state index in [1.807, 2.05) is 24.3 Å². The van der Waals surface area contributed by atoms with Crippen LogP contribution in [0.4, 0.5) is 4.39 Å². The SMILES string of the molecule is CCc1ccc(-c2cc3c(=O)n(CC(=O)NCc4cccc(F)c4)nc(C)n3n2)cc1. The molecular formula is C23H22FN5O2. The van der Waals surface area contributed by atoms with E-state index in [4.69, 9.17) is 0 Å². The molecule has 0 unspecified atom stereocenters. The van der Waals surface area contributed by atoms with Gasteiger partial charge in [-0.15, -0.1) is 0 Å². The van der Waals surface area contributed by atoms with Crippen LogP contribution in [0, 0.1) is 12.7 Å². The molecule has 2 aromatic heterocycles. The highest BCUT2D eigenvalue weighted by molar-refractivity contribution is 5.75. The molecule has 0 spiro atoms. The predicted molar refractivity (Wildman–Crippen MR) is 115 cm³/mol. The molecule has 2 aromatic carbocycles. The number of benzene rings is 2. The first-order valence-corrected chi connectivity index (χ1v) is 10.0. The molecule has 0 fully saturated rings. The molecule has 0 aliphatic rings. The molecule has 4 rings (SSSR count). The predicted octanol–water partition coefficient (Wildman–Crippen LogP) is 2.88. The van der Waals surface area contributed by atoms with Crippen molar-refractivity contribution < 1.29 is 9.18 Å². The largest absolute Gasteiger partial charge is 0.350 e. The summed E-state index contributed by atoms with van der Waals surface area (Å²) in [6.45, 7) is 3.74. The fourth-order valence-electron chi connectivity index (χ4n) is 3.37. The summed E-state index contributed by atoms with van der Waals surface area (Å²) in [5.41, 5.74) is 3.36. The van der Waals surface area contributed by atoms with Gasteiger partial charge in [0, 0.05) is 12.1 Å². The van der Waals surface area contributed by atoms with Crippen LogP contribution in [0.2, 0.25) is 0 Å². The maximum atomic E-state index is 13.3. The van der Waals surface area contributed by atoms with Crippen LogP contribution in [-0.2, 0) is 24.3 Å². The van der Waals surface area contributed by atoms with E-state index in [-0.39, 0.29) is 18.9 Å². The monoisotopic (exact) mass is 419 g/mol. The van der Waals surface area contributed by atoms with Crippen molar-refractivity contribution in [2.45, 2.75) is 33.4 Å². The highest BCUT2D eigenvalue weighted by atomic mass is 19.1. The molecule has 0 radical (unpaired) electrons. The Morgan fingerprint density at radius 2 is 1.84 bits per heavy atom. The Morgan fingerprint density at radius 3 is 2.55 bits per heavy atom. The molecule has 0 saturated carbocycles. The molecular weight excluding hydrogens is 397 g/mol. The zero-order valence-electron chi connectivity index (χ0n) is 17.3. The van der Waals surface area contributed by atoms with E-state index < -0.39 is 11.5 Å². The van der Waals surface area contributed by atoms with Gasteiger partial charge in [0.05, 0.1) is 5.69 Å². The molecule has 1 amide bonds. The summed E-state index contributed by atoms with van der Waals surface area (Å²) < 4.78 is 15.9. The molecule has 0 aliphatic carbocycles. The van der Waals surface area contributed by atoms with Crippen molar-refractivity contribution in [1.29, 1.82) is 0 Å². The van der Waals surface area contributed by atoms with Gasteiger partial charge in [-0.25, -0.2) is 13.6 Å². The Kier molecular flexibility index (Phi) is 5.62. The highest BCUT2D eigenvalue weighted by Gasteiger charge is 2.15. The quantitative estimate of drug-likeness (QED) is 0.521. The van der Waals surface area contributed by atoms with Gasteiger partial charge in [-0.3, -0.25) is 9.59 Å². The number of carbonyl (C=O) groups excluding carboxylic acids is 1. The number of rotatable bonds is 6. The molecule has 0 saturated heterocycles. The summed E-state index contributed by atoms with van der Waals surface area (Å²) in [5.74, 6) is -0.270. The second-order valence-corrected chi connectivity index (χ2v) is 7.29. The first-order chi connectivity index (χ1) is 14.9. The molecule has 2 heterocycles. The molecule has 8 heteroatoms. The van der Waals surface area contributed by atoms with Crippen LogP contribution in [0.15, 0.2) is 59.4 Å². The molecule has 0 bridgehead atoms. The lowest BCUT2D eigenvalue weighted by atomic mass is 10.1. The molecule has 0 atom stereocenters. The van der Waals surface area contributed by atoms with Crippen LogP contribution in [0.1, 0.15) is 23.9 Å². The van der Waals surface area contributed by atoms with Crippen LogP contribution < -0.4 is 10.9 Å². The van der Waals surface area contributed by atoms with Crippen molar-refractivity contribution >= 4 is 11.4 Å². The van der Waals surface area contributed by atoms with Crippen molar-refractivity contribution in [1.82, 2.24) is 24.7 Å². The second-order valence-electron chi connectivity index (χ2n) is 7.29. The lowest BCUT2D eigenvalue weighted by Gasteiger charge is -2.08. The molecule has 1 N–H and O–H groups in total. The van der Waals surface area contributed by atoms with Gasteiger partial charge in [0.25, 0.3) is 5.56 Å². The van der Waals surface area contributed by atoms with Crippen LogP contribution >= 0.6 is 0 Å². The first-order valence-electron chi connectivity index (χ1n) is 10.0. The Labute approximate surface area is 178 Å². The zero-order valence-corrected chi connectivity index (χ0v) is 17.3. The Bertz CT molecular complexity index is 1310. The summed E-state index contributed by atoms with van der Waals surface area (Å²) in [6.07, 6.45) is 0.945. The van der Waals surface area contributed by atoms with Crippen LogP contribution in [0.25, 0.3) is 16.8 Å². The second kappa shape index (κ2) is 8.51. The van der Waals surface area contributed by atoms with Crippen LogP contribution in [0.3, 0.4) is 0 Å². The van der Waals surface area contributed by atoms with E-state index in [0.717, 1.165) is 16.7 Å². The summed E-state index contributed by atoms with van der Waals surface area (Å²) in [4.78, 5) is 25.2. The van der Waals surface area contributed by atoms with E-state index >= 15 is 0 Å². The summed E-state index contributed by atoms with van der Waals surface area (Å²) >= 11 is 0. The van der Waals surface area contributed by atoms with E-state index in [1.165, 1.54) is 22.2 Å². The Morgan fingerprint density at radius 1 is 1.06 bits per heavy atom. The van der Waals surface area contributed by atoms with Gasteiger partial charge < -0.3 is 5.32 Å². The number of aromatic nitrogens is 4. The Hall–Kier alpha value is -3.81. The minimum Gasteiger partial charge on any atom is -0.350 e. The maximum absolute atomic E-state index is 13.3. The topological polar surface area (TPSA) is 81.3 Å². The van der Waals surface area contributed by atoms with E-state index in [2.05, 4.69) is 22.4 Å². The Balaban J connectivity index is 1.56. The standard InChI is InChI=1S/C23H22FN5O2/c1-3-16-7-9-18(10-8-16)20-12-21-23(31)28(26-15(2)29(21)27-20)14-22(30)25-13-17-5-4-6-19(24)11-17/h4-12H,3,13-14H2,1-2H3,(H,25,30). The molecule has 4 aromatic rings. The highest BCUT2D eigenvalue weighted by Crippen LogP contribution is 2.19. The third-order valence-corrected chi connectivity index (χ3v) is 5.06. The number of nitrogens with one attached hydrogen (secondary N) is 1. The maximum Gasteiger partial charge on any atom is 0.293 e. The molecule has 0 aliphatic heterocycles. The number of nitrogens with zero attached hydrogens (tertiary/aromatic N) is 4. The van der Waals surface area contributed by atoms with Crippen molar-refractivity contribution in [2.24, 2.45) is 0 Å². The minimum atomic E-state index is -0.407. The van der Waals surface area contributed by atoms with Gasteiger partial charge in [0.2, 0.25) is 5.91 Å². The average molecular weight is 419 g/mol. The smallest absolute Gasteiger partial charge is 0.293 e. The lowest BCUT2D eigenvalue weighted by Crippen LogP contribution is -2.34. The van der Waals surface area contributed by atoms with Crippen LogP contribution in [0.5, 0.6) is 0 Å². The van der Waals surface area contributed by atoms with Gasteiger partial charge in [-0.1, -0.05) is 43.3 Å².